The van der Waals surface area contributed by atoms with Crippen molar-refractivity contribution in [3.63, 3.8) is 0 Å². The van der Waals surface area contributed by atoms with E-state index >= 15 is 0 Å². The number of aliphatic hydroxyl groups is 1. The van der Waals surface area contributed by atoms with Crippen molar-refractivity contribution in [3.8, 4) is 0 Å². The molecule has 76 valence electrons. The summed E-state index contributed by atoms with van der Waals surface area (Å²) < 4.78 is 10.4. The Morgan fingerprint density at radius 2 is 1.92 bits per heavy atom. The van der Waals surface area contributed by atoms with Gasteiger partial charge in [0.15, 0.2) is 0 Å². The number of hydrogen-bond acceptors (Lipinski definition) is 5. The van der Waals surface area contributed by atoms with Gasteiger partial charge in [-0.05, 0) is 0 Å². The van der Waals surface area contributed by atoms with Crippen molar-refractivity contribution < 1.29 is 14.6 Å². The number of rotatable bonds is 2. The number of ether oxygens (including phenoxy) is 2. The van der Waals surface area contributed by atoms with Crippen LogP contribution in [0, 0.1) is 0 Å². The predicted molar refractivity (Wildman–Crippen MR) is 46.1 cm³/mol. The van der Waals surface area contributed by atoms with Crippen molar-refractivity contribution in [1.29, 1.82) is 0 Å². The Bertz CT molecular complexity index is 161. The molecule has 0 saturated carbocycles. The number of nitrogens with zero attached hydrogens (tertiary/aromatic N) is 1. The Morgan fingerprint density at radius 1 is 1.15 bits per heavy atom. The van der Waals surface area contributed by atoms with Crippen LogP contribution in [0.3, 0.4) is 0 Å². The van der Waals surface area contributed by atoms with Crippen LogP contribution in [0.25, 0.3) is 0 Å². The van der Waals surface area contributed by atoms with Crippen LogP contribution >= 0.6 is 0 Å². The van der Waals surface area contributed by atoms with E-state index in [1.807, 2.05) is 0 Å². The van der Waals surface area contributed by atoms with Gasteiger partial charge in [-0.15, -0.1) is 0 Å². The summed E-state index contributed by atoms with van der Waals surface area (Å²) in [7, 11) is 0. The lowest BCUT2D eigenvalue weighted by molar-refractivity contribution is -0.00621. The fraction of sp³-hybridized carbons (Fsp3) is 1.00. The minimum atomic E-state index is -0.372. The molecule has 0 aliphatic carbocycles. The van der Waals surface area contributed by atoms with Gasteiger partial charge in [0, 0.05) is 13.1 Å². The number of nitrogens with one attached hydrogen (secondary N) is 1. The summed E-state index contributed by atoms with van der Waals surface area (Å²) in [6, 6.07) is 0.0538. The van der Waals surface area contributed by atoms with Crippen molar-refractivity contribution in [2.45, 2.75) is 12.1 Å². The van der Waals surface area contributed by atoms with E-state index in [0.29, 0.717) is 13.2 Å². The van der Waals surface area contributed by atoms with E-state index in [0.717, 1.165) is 26.3 Å². The molecule has 2 atom stereocenters. The molecule has 2 fully saturated rings. The first kappa shape index (κ1) is 9.36. The van der Waals surface area contributed by atoms with Gasteiger partial charge in [0.2, 0.25) is 0 Å². The highest BCUT2D eigenvalue weighted by Gasteiger charge is 2.27. The third-order valence-electron chi connectivity index (χ3n) is 2.41. The molecule has 2 aliphatic heterocycles. The highest BCUT2D eigenvalue weighted by molar-refractivity contribution is 4.80. The van der Waals surface area contributed by atoms with Gasteiger partial charge in [0.05, 0.1) is 38.6 Å². The van der Waals surface area contributed by atoms with Gasteiger partial charge < -0.3 is 14.6 Å². The maximum Gasteiger partial charge on any atom is 0.0962 e. The Balaban J connectivity index is 1.75. The summed E-state index contributed by atoms with van der Waals surface area (Å²) in [5.74, 6) is 0. The summed E-state index contributed by atoms with van der Waals surface area (Å²) >= 11 is 0. The van der Waals surface area contributed by atoms with Crippen molar-refractivity contribution in [1.82, 2.24) is 10.4 Å². The molecule has 0 amide bonds. The third-order valence-corrected chi connectivity index (χ3v) is 2.41. The largest absolute Gasteiger partial charge is 0.389 e. The highest BCUT2D eigenvalue weighted by Crippen LogP contribution is 2.06. The Hall–Kier alpha value is -0.200. The monoisotopic (exact) mass is 188 g/mol. The molecular formula is C8H16N2O3. The molecule has 0 bridgehead atoms. The van der Waals surface area contributed by atoms with Crippen molar-refractivity contribution >= 4 is 0 Å². The van der Waals surface area contributed by atoms with Gasteiger partial charge in [-0.25, -0.2) is 10.4 Å². The van der Waals surface area contributed by atoms with E-state index in [1.165, 1.54) is 0 Å². The van der Waals surface area contributed by atoms with Crippen molar-refractivity contribution in [3.05, 3.63) is 0 Å². The summed E-state index contributed by atoms with van der Waals surface area (Å²) in [5.41, 5.74) is 3.25. The molecule has 2 saturated heterocycles. The van der Waals surface area contributed by atoms with Gasteiger partial charge in [-0.1, -0.05) is 0 Å². The van der Waals surface area contributed by atoms with Crippen LogP contribution in [0.15, 0.2) is 0 Å². The summed E-state index contributed by atoms with van der Waals surface area (Å²) in [4.78, 5) is 0. The van der Waals surface area contributed by atoms with Crippen LogP contribution in [-0.2, 0) is 9.47 Å². The molecule has 0 aromatic rings. The summed E-state index contributed by atoms with van der Waals surface area (Å²) in [6.07, 6.45) is -0.372. The van der Waals surface area contributed by atoms with E-state index < -0.39 is 0 Å². The first-order valence-electron chi connectivity index (χ1n) is 4.71. The second-order valence-corrected chi connectivity index (χ2v) is 3.44. The number of aliphatic hydroxyl groups excluding tert-OH is 1. The van der Waals surface area contributed by atoms with E-state index in [4.69, 9.17) is 9.47 Å². The lowest BCUT2D eigenvalue weighted by Gasteiger charge is -2.30. The zero-order valence-corrected chi connectivity index (χ0v) is 7.61. The number of morpholine rings is 1. The second kappa shape index (κ2) is 4.34. The molecule has 5 nitrogen and oxygen atoms in total. The molecule has 2 N–H and O–H groups in total. The first-order valence-corrected chi connectivity index (χ1v) is 4.71. The van der Waals surface area contributed by atoms with E-state index in [1.54, 1.807) is 0 Å². The second-order valence-electron chi connectivity index (χ2n) is 3.44. The van der Waals surface area contributed by atoms with Crippen molar-refractivity contribution in [2.75, 3.05) is 39.5 Å². The molecule has 5 heteroatoms. The molecule has 2 heterocycles. The Labute approximate surface area is 77.6 Å². The predicted octanol–water partition coefficient (Wildman–Crippen LogP) is -1.42. The topological polar surface area (TPSA) is 54.0 Å². The maximum atomic E-state index is 9.47. The standard InChI is InChI=1S/C8H16N2O3/c11-8-6-13-5-7(8)9-10-1-3-12-4-2-10/h7-9,11H,1-6H2. The fourth-order valence-corrected chi connectivity index (χ4v) is 1.59. The quantitative estimate of drug-likeness (QED) is 0.557. The smallest absolute Gasteiger partial charge is 0.0962 e. The Kier molecular flexibility index (Phi) is 3.13. The van der Waals surface area contributed by atoms with Crippen molar-refractivity contribution in [2.24, 2.45) is 0 Å². The average molecular weight is 188 g/mol. The summed E-state index contributed by atoms with van der Waals surface area (Å²) in [5, 5.41) is 11.6. The Morgan fingerprint density at radius 3 is 2.54 bits per heavy atom. The van der Waals surface area contributed by atoms with Crippen LogP contribution in [-0.4, -0.2) is 61.8 Å². The average Bonchev–Trinajstić information content (AvgIpc) is 2.54. The van der Waals surface area contributed by atoms with Crippen LogP contribution in [0.5, 0.6) is 0 Å². The normalized spacial score (nSPS) is 36.7. The minimum absolute atomic E-state index is 0.0538. The molecule has 0 aromatic heterocycles. The fourth-order valence-electron chi connectivity index (χ4n) is 1.59. The molecule has 2 unspecified atom stereocenters. The first-order chi connectivity index (χ1) is 6.36. The maximum absolute atomic E-state index is 9.47. The molecule has 0 radical (unpaired) electrons. The third kappa shape index (κ3) is 2.38. The molecule has 0 aromatic carbocycles. The van der Waals surface area contributed by atoms with E-state index in [-0.39, 0.29) is 12.1 Å². The van der Waals surface area contributed by atoms with E-state index in [2.05, 4.69) is 10.4 Å². The van der Waals surface area contributed by atoms with Gasteiger partial charge in [-0.3, -0.25) is 0 Å². The van der Waals surface area contributed by atoms with E-state index in [9.17, 15) is 5.11 Å². The van der Waals surface area contributed by atoms with Gasteiger partial charge >= 0.3 is 0 Å². The van der Waals surface area contributed by atoms with Gasteiger partial charge in [0.1, 0.15) is 0 Å². The molecule has 13 heavy (non-hydrogen) atoms. The van der Waals surface area contributed by atoms with Gasteiger partial charge in [-0.2, -0.15) is 0 Å². The van der Waals surface area contributed by atoms with Gasteiger partial charge in [0.25, 0.3) is 0 Å². The molecule has 0 spiro atoms. The molecular weight excluding hydrogens is 172 g/mol. The number of hydrogen-bond donors (Lipinski definition) is 2. The minimum Gasteiger partial charge on any atom is -0.389 e. The SMILES string of the molecule is OC1COCC1NN1CCOCC1. The molecule has 2 rings (SSSR count). The van der Waals surface area contributed by atoms with Crippen LogP contribution < -0.4 is 5.43 Å². The highest BCUT2D eigenvalue weighted by atomic mass is 16.5. The lowest BCUT2D eigenvalue weighted by Crippen LogP contribution is -2.53. The molecule has 2 aliphatic rings. The lowest BCUT2D eigenvalue weighted by atomic mass is 10.2. The zero-order chi connectivity index (χ0) is 9.10. The van der Waals surface area contributed by atoms with Crippen LogP contribution in [0.1, 0.15) is 0 Å². The van der Waals surface area contributed by atoms with Crippen LogP contribution in [0.2, 0.25) is 0 Å². The zero-order valence-electron chi connectivity index (χ0n) is 7.61. The van der Waals surface area contributed by atoms with Crippen LogP contribution in [0.4, 0.5) is 0 Å². The summed E-state index contributed by atoms with van der Waals surface area (Å²) in [6.45, 7) is 4.32. The number of hydrazine groups is 1.